The first kappa shape index (κ1) is 18.2. The Balaban J connectivity index is 1.49. The number of hydrogen-bond acceptors (Lipinski definition) is 8. The van der Waals surface area contributed by atoms with Gasteiger partial charge >= 0.3 is 0 Å². The zero-order chi connectivity index (χ0) is 19.3. The molecular weight excluding hydrogens is 376 g/mol. The first-order chi connectivity index (χ1) is 13.7. The standard InChI is InChI=1S/C20H18N4O3S/c1-3-25-16-12-8-7-11-15(16)19-22-23-20(26-19)28-13(2)18-21-17(24-27-18)14-9-5-4-6-10-14/h4-13H,3H2,1-2H3. The molecule has 0 spiro atoms. The van der Waals surface area contributed by atoms with Gasteiger partial charge in [-0.15, -0.1) is 10.2 Å². The van der Waals surface area contributed by atoms with E-state index >= 15 is 0 Å². The number of thioether (sulfide) groups is 1. The van der Waals surface area contributed by atoms with Gasteiger partial charge in [0.25, 0.3) is 11.1 Å². The van der Waals surface area contributed by atoms with Crippen LogP contribution < -0.4 is 4.74 Å². The molecule has 0 saturated heterocycles. The normalized spacial score (nSPS) is 12.1. The average Bonchev–Trinajstić information content (AvgIpc) is 3.39. The molecule has 2 heterocycles. The highest BCUT2D eigenvalue weighted by molar-refractivity contribution is 7.99. The predicted molar refractivity (Wildman–Crippen MR) is 105 cm³/mol. The van der Waals surface area contributed by atoms with E-state index in [-0.39, 0.29) is 5.25 Å². The van der Waals surface area contributed by atoms with Crippen molar-refractivity contribution in [2.24, 2.45) is 0 Å². The van der Waals surface area contributed by atoms with Gasteiger partial charge in [-0.25, -0.2) is 0 Å². The van der Waals surface area contributed by atoms with Crippen LogP contribution >= 0.6 is 11.8 Å². The molecule has 7 nitrogen and oxygen atoms in total. The number of aromatic nitrogens is 4. The van der Waals surface area contributed by atoms with Crippen molar-refractivity contribution >= 4 is 11.8 Å². The van der Waals surface area contributed by atoms with Gasteiger partial charge in [0.1, 0.15) is 5.75 Å². The van der Waals surface area contributed by atoms with Gasteiger partial charge in [0, 0.05) is 5.56 Å². The molecule has 0 bridgehead atoms. The van der Waals surface area contributed by atoms with Gasteiger partial charge in [-0.2, -0.15) is 4.98 Å². The molecule has 0 aliphatic carbocycles. The summed E-state index contributed by atoms with van der Waals surface area (Å²) in [5.74, 6) is 2.18. The van der Waals surface area contributed by atoms with Gasteiger partial charge in [0.05, 0.1) is 17.4 Å². The summed E-state index contributed by atoms with van der Waals surface area (Å²) >= 11 is 1.36. The van der Waals surface area contributed by atoms with Crippen molar-refractivity contribution in [3.63, 3.8) is 0 Å². The third-order valence-corrected chi connectivity index (χ3v) is 4.84. The van der Waals surface area contributed by atoms with Gasteiger partial charge in [0.2, 0.25) is 11.7 Å². The lowest BCUT2D eigenvalue weighted by Gasteiger charge is -2.06. The van der Waals surface area contributed by atoms with Crippen LogP contribution in [-0.4, -0.2) is 26.9 Å². The van der Waals surface area contributed by atoms with Gasteiger partial charge in [-0.3, -0.25) is 0 Å². The second-order valence-corrected chi connectivity index (χ2v) is 7.18. The van der Waals surface area contributed by atoms with Gasteiger partial charge in [0.15, 0.2) is 0 Å². The zero-order valence-electron chi connectivity index (χ0n) is 15.4. The van der Waals surface area contributed by atoms with Crippen LogP contribution in [0.3, 0.4) is 0 Å². The zero-order valence-corrected chi connectivity index (χ0v) is 16.2. The summed E-state index contributed by atoms with van der Waals surface area (Å²) in [5.41, 5.74) is 1.67. The van der Waals surface area contributed by atoms with Crippen molar-refractivity contribution < 1.29 is 13.7 Å². The molecule has 0 fully saturated rings. The smallest absolute Gasteiger partial charge is 0.277 e. The molecule has 0 aliphatic heterocycles. The van der Waals surface area contributed by atoms with E-state index in [2.05, 4.69) is 20.3 Å². The van der Waals surface area contributed by atoms with Gasteiger partial charge in [-0.05, 0) is 26.0 Å². The van der Waals surface area contributed by atoms with E-state index in [1.807, 2.05) is 68.4 Å². The molecule has 28 heavy (non-hydrogen) atoms. The van der Waals surface area contributed by atoms with E-state index in [9.17, 15) is 0 Å². The minimum atomic E-state index is -0.139. The van der Waals surface area contributed by atoms with E-state index in [1.54, 1.807) is 0 Å². The fourth-order valence-corrected chi connectivity index (χ4v) is 3.31. The van der Waals surface area contributed by atoms with Crippen molar-refractivity contribution in [1.29, 1.82) is 0 Å². The maximum Gasteiger partial charge on any atom is 0.277 e. The minimum Gasteiger partial charge on any atom is -0.493 e. The number of nitrogens with zero attached hydrogens (tertiary/aromatic N) is 4. The molecule has 0 aliphatic rings. The van der Waals surface area contributed by atoms with Crippen LogP contribution in [0.5, 0.6) is 5.75 Å². The number of benzene rings is 2. The van der Waals surface area contributed by atoms with Crippen LogP contribution in [0.1, 0.15) is 25.0 Å². The Morgan fingerprint density at radius 3 is 2.64 bits per heavy atom. The Labute approximate surface area is 166 Å². The molecule has 0 saturated carbocycles. The summed E-state index contributed by atoms with van der Waals surface area (Å²) in [6.45, 7) is 4.44. The van der Waals surface area contributed by atoms with E-state index in [0.717, 1.165) is 11.1 Å². The second kappa shape index (κ2) is 8.26. The largest absolute Gasteiger partial charge is 0.493 e. The van der Waals surface area contributed by atoms with Crippen LogP contribution in [0, 0.1) is 0 Å². The molecule has 0 amide bonds. The molecular formula is C20H18N4O3S. The molecule has 0 N–H and O–H groups in total. The number of ether oxygens (including phenoxy) is 1. The van der Waals surface area contributed by atoms with Crippen LogP contribution in [0.2, 0.25) is 0 Å². The number of rotatable bonds is 7. The van der Waals surface area contributed by atoms with Crippen LogP contribution in [0.4, 0.5) is 0 Å². The maximum absolute atomic E-state index is 5.81. The SMILES string of the molecule is CCOc1ccccc1-c1nnc(SC(C)c2nc(-c3ccccc3)no2)o1. The Morgan fingerprint density at radius 2 is 1.82 bits per heavy atom. The molecule has 8 heteroatoms. The lowest BCUT2D eigenvalue weighted by atomic mass is 10.2. The second-order valence-electron chi connectivity index (χ2n) is 5.88. The first-order valence-electron chi connectivity index (χ1n) is 8.86. The maximum atomic E-state index is 5.81. The Bertz CT molecular complexity index is 1050. The Hall–Kier alpha value is -3.13. The molecule has 2 aromatic carbocycles. The van der Waals surface area contributed by atoms with E-state index in [0.29, 0.717) is 35.2 Å². The number of hydrogen-bond donors (Lipinski definition) is 0. The fraction of sp³-hybridized carbons (Fsp3) is 0.200. The quantitative estimate of drug-likeness (QED) is 0.403. The summed E-state index contributed by atoms with van der Waals surface area (Å²) in [5, 5.41) is 12.6. The third kappa shape index (κ3) is 3.91. The van der Waals surface area contributed by atoms with Crippen LogP contribution in [0.25, 0.3) is 22.8 Å². The first-order valence-corrected chi connectivity index (χ1v) is 9.74. The van der Waals surface area contributed by atoms with E-state index in [4.69, 9.17) is 13.7 Å². The summed E-state index contributed by atoms with van der Waals surface area (Å²) in [4.78, 5) is 4.47. The molecule has 4 aromatic rings. The number of para-hydroxylation sites is 1. The Kier molecular flexibility index (Phi) is 5.38. The molecule has 142 valence electrons. The van der Waals surface area contributed by atoms with Crippen molar-refractivity contribution in [1.82, 2.24) is 20.3 Å². The molecule has 1 unspecified atom stereocenters. The molecule has 2 aromatic heterocycles. The fourth-order valence-electron chi connectivity index (χ4n) is 2.60. The third-order valence-electron chi connectivity index (χ3n) is 3.92. The monoisotopic (exact) mass is 394 g/mol. The Morgan fingerprint density at radius 1 is 1.04 bits per heavy atom. The highest BCUT2D eigenvalue weighted by Gasteiger charge is 2.20. The van der Waals surface area contributed by atoms with E-state index in [1.165, 1.54) is 11.8 Å². The van der Waals surface area contributed by atoms with Crippen molar-refractivity contribution in [3.05, 3.63) is 60.5 Å². The van der Waals surface area contributed by atoms with Crippen LogP contribution in [0.15, 0.2) is 68.8 Å². The van der Waals surface area contributed by atoms with Gasteiger partial charge < -0.3 is 13.7 Å². The molecule has 1 atom stereocenters. The average molecular weight is 394 g/mol. The lowest BCUT2D eigenvalue weighted by molar-refractivity contribution is 0.340. The highest BCUT2D eigenvalue weighted by atomic mass is 32.2. The summed E-state index contributed by atoms with van der Waals surface area (Å²) in [6, 6.07) is 17.3. The van der Waals surface area contributed by atoms with Crippen LogP contribution in [-0.2, 0) is 0 Å². The molecule has 0 radical (unpaired) electrons. The van der Waals surface area contributed by atoms with E-state index < -0.39 is 0 Å². The van der Waals surface area contributed by atoms with Crippen molar-refractivity contribution in [2.45, 2.75) is 24.3 Å². The topological polar surface area (TPSA) is 87.1 Å². The lowest BCUT2D eigenvalue weighted by Crippen LogP contribution is -1.93. The van der Waals surface area contributed by atoms with Gasteiger partial charge in [-0.1, -0.05) is 59.4 Å². The minimum absolute atomic E-state index is 0.139. The summed E-state index contributed by atoms with van der Waals surface area (Å²) in [6.07, 6.45) is 0. The van der Waals surface area contributed by atoms with Crippen molar-refractivity contribution in [2.75, 3.05) is 6.61 Å². The summed E-state index contributed by atoms with van der Waals surface area (Å²) < 4.78 is 16.8. The van der Waals surface area contributed by atoms with Crippen molar-refractivity contribution in [3.8, 4) is 28.6 Å². The highest BCUT2D eigenvalue weighted by Crippen LogP contribution is 2.36. The predicted octanol–water partition coefficient (Wildman–Crippen LogP) is 5.04. The summed E-state index contributed by atoms with van der Waals surface area (Å²) in [7, 11) is 0. The molecule has 4 rings (SSSR count).